The van der Waals surface area contributed by atoms with Crippen molar-refractivity contribution in [3.63, 3.8) is 0 Å². The fourth-order valence-corrected chi connectivity index (χ4v) is 2.17. The number of benzene rings is 1. The van der Waals surface area contributed by atoms with Gasteiger partial charge in [-0.1, -0.05) is 24.8 Å². The normalized spacial score (nSPS) is 23.5. The van der Waals surface area contributed by atoms with Gasteiger partial charge in [0.1, 0.15) is 11.9 Å². The van der Waals surface area contributed by atoms with Crippen LogP contribution in [0.15, 0.2) is 35.8 Å². The summed E-state index contributed by atoms with van der Waals surface area (Å²) in [7, 11) is 0. The van der Waals surface area contributed by atoms with Crippen LogP contribution in [0.4, 0.5) is 5.69 Å². The van der Waals surface area contributed by atoms with Crippen molar-refractivity contribution in [2.24, 2.45) is 4.99 Å². The molecule has 2 heterocycles. The molecule has 1 aromatic rings. The Bertz CT molecular complexity index is 464. The van der Waals surface area contributed by atoms with E-state index in [1.165, 1.54) is 0 Å². The molecule has 0 aliphatic carbocycles. The third-order valence-electron chi connectivity index (χ3n) is 2.98. The van der Waals surface area contributed by atoms with Crippen LogP contribution in [-0.4, -0.2) is 28.5 Å². The van der Waals surface area contributed by atoms with Crippen molar-refractivity contribution < 1.29 is 5.11 Å². The van der Waals surface area contributed by atoms with Crippen LogP contribution < -0.4 is 0 Å². The van der Waals surface area contributed by atoms with Crippen molar-refractivity contribution in [3.8, 4) is 0 Å². The number of aliphatic hydroxyl groups is 1. The lowest BCUT2D eigenvalue weighted by Gasteiger charge is -2.27. The van der Waals surface area contributed by atoms with Gasteiger partial charge in [0.2, 0.25) is 0 Å². The molecule has 0 aromatic heterocycles. The second-order valence-electron chi connectivity index (χ2n) is 3.89. The Morgan fingerprint density at radius 1 is 1.40 bits per heavy atom. The van der Waals surface area contributed by atoms with Crippen LogP contribution in [0.25, 0.3) is 5.70 Å². The highest BCUT2D eigenvalue weighted by molar-refractivity contribution is 6.01. The van der Waals surface area contributed by atoms with E-state index >= 15 is 0 Å². The Hall–Kier alpha value is -1.61. The number of aliphatic imine (C=N–C) groups is 1. The largest absolute Gasteiger partial charge is 0.385 e. The van der Waals surface area contributed by atoms with E-state index < -0.39 is 6.10 Å². The van der Waals surface area contributed by atoms with Crippen molar-refractivity contribution in [3.05, 3.63) is 36.4 Å². The van der Waals surface area contributed by atoms with Gasteiger partial charge in [-0.15, -0.1) is 0 Å². The summed E-state index contributed by atoms with van der Waals surface area (Å²) in [6, 6.07) is 7.91. The van der Waals surface area contributed by atoms with Gasteiger partial charge in [0.05, 0.1) is 5.69 Å². The second kappa shape index (κ2) is 2.94. The first kappa shape index (κ1) is 8.68. The summed E-state index contributed by atoms with van der Waals surface area (Å²) in [6.07, 6.45) is 0.307. The number of aliphatic hydroxyl groups excluding tert-OH is 1. The van der Waals surface area contributed by atoms with E-state index in [4.69, 9.17) is 0 Å². The molecule has 1 N–H and O–H groups in total. The van der Waals surface area contributed by atoms with Gasteiger partial charge >= 0.3 is 0 Å². The molecule has 3 nitrogen and oxygen atoms in total. The first-order valence-electron chi connectivity index (χ1n) is 5.10. The minimum Gasteiger partial charge on any atom is -0.385 e. The predicted octanol–water partition coefficient (Wildman–Crippen LogP) is 1.77. The van der Waals surface area contributed by atoms with Gasteiger partial charge in [-0.3, -0.25) is 0 Å². The average Bonchev–Trinajstić information content (AvgIpc) is 2.62. The van der Waals surface area contributed by atoms with E-state index in [-0.39, 0.29) is 0 Å². The summed E-state index contributed by atoms with van der Waals surface area (Å²) < 4.78 is 0. The highest BCUT2D eigenvalue weighted by Gasteiger charge is 2.33. The number of nitrogens with zero attached hydrogens (tertiary/aromatic N) is 2. The summed E-state index contributed by atoms with van der Waals surface area (Å²) in [5, 5.41) is 9.75. The zero-order chi connectivity index (χ0) is 10.4. The monoisotopic (exact) mass is 200 g/mol. The molecule has 0 amide bonds. The van der Waals surface area contributed by atoms with Crippen molar-refractivity contribution in [1.29, 1.82) is 0 Å². The lowest BCUT2D eigenvalue weighted by Crippen LogP contribution is -2.30. The number of hydrogen-bond donors (Lipinski definition) is 1. The number of amidine groups is 1. The highest BCUT2D eigenvalue weighted by Crippen LogP contribution is 2.36. The van der Waals surface area contributed by atoms with Gasteiger partial charge in [-0.05, 0) is 12.5 Å². The van der Waals surface area contributed by atoms with Gasteiger partial charge in [0.15, 0.2) is 0 Å². The molecule has 1 fully saturated rings. The van der Waals surface area contributed by atoms with E-state index in [2.05, 4.69) is 11.6 Å². The van der Waals surface area contributed by atoms with Crippen molar-refractivity contribution in [2.45, 2.75) is 12.5 Å². The first-order chi connectivity index (χ1) is 7.27. The zero-order valence-electron chi connectivity index (χ0n) is 8.35. The third kappa shape index (κ3) is 1.13. The maximum absolute atomic E-state index is 9.75. The molecule has 0 bridgehead atoms. The Balaban J connectivity index is 2.19. The van der Waals surface area contributed by atoms with Crippen LogP contribution in [-0.2, 0) is 0 Å². The predicted molar refractivity (Wildman–Crippen MR) is 59.9 cm³/mol. The molecule has 76 valence electrons. The number of rotatable bonds is 0. The molecule has 1 atom stereocenters. The summed E-state index contributed by atoms with van der Waals surface area (Å²) in [6.45, 7) is 4.88. The van der Waals surface area contributed by atoms with Crippen LogP contribution in [0, 0.1) is 0 Å². The maximum atomic E-state index is 9.75. The SMILES string of the molecule is C=C1c2ccccc2N=C2[C@H](O)CCN12. The van der Waals surface area contributed by atoms with Crippen molar-refractivity contribution in [2.75, 3.05) is 6.54 Å². The van der Waals surface area contributed by atoms with E-state index in [1.54, 1.807) is 0 Å². The number of fused-ring (bicyclic) bond motifs is 2. The van der Waals surface area contributed by atoms with Crippen LogP contribution in [0.2, 0.25) is 0 Å². The fraction of sp³-hybridized carbons (Fsp3) is 0.250. The Kier molecular flexibility index (Phi) is 1.70. The van der Waals surface area contributed by atoms with E-state index in [0.717, 1.165) is 35.7 Å². The molecule has 0 saturated carbocycles. The van der Waals surface area contributed by atoms with E-state index in [1.807, 2.05) is 29.2 Å². The lowest BCUT2D eigenvalue weighted by molar-refractivity contribution is 0.245. The van der Waals surface area contributed by atoms with Gasteiger partial charge in [0.25, 0.3) is 0 Å². The molecule has 0 spiro atoms. The Morgan fingerprint density at radius 3 is 3.07 bits per heavy atom. The van der Waals surface area contributed by atoms with Crippen LogP contribution in [0.3, 0.4) is 0 Å². The maximum Gasteiger partial charge on any atom is 0.138 e. The van der Waals surface area contributed by atoms with Gasteiger partial charge in [-0.25, -0.2) is 4.99 Å². The molecule has 0 unspecified atom stereocenters. The Morgan fingerprint density at radius 2 is 2.20 bits per heavy atom. The number of para-hydroxylation sites is 1. The van der Waals surface area contributed by atoms with Crippen molar-refractivity contribution >= 4 is 17.2 Å². The summed E-state index contributed by atoms with van der Waals surface area (Å²) >= 11 is 0. The molecule has 1 saturated heterocycles. The van der Waals surface area contributed by atoms with Crippen LogP contribution in [0.1, 0.15) is 12.0 Å². The molecule has 2 aliphatic heterocycles. The minimum absolute atomic E-state index is 0.435. The molecular formula is C12H12N2O. The van der Waals surface area contributed by atoms with Gasteiger partial charge in [-0.2, -0.15) is 0 Å². The lowest BCUT2D eigenvalue weighted by atomic mass is 10.1. The molecule has 2 aliphatic rings. The average molecular weight is 200 g/mol. The quantitative estimate of drug-likeness (QED) is 0.692. The number of hydrogen-bond acceptors (Lipinski definition) is 3. The smallest absolute Gasteiger partial charge is 0.138 e. The molecular weight excluding hydrogens is 188 g/mol. The first-order valence-corrected chi connectivity index (χ1v) is 5.10. The zero-order valence-corrected chi connectivity index (χ0v) is 8.35. The third-order valence-corrected chi connectivity index (χ3v) is 2.98. The van der Waals surface area contributed by atoms with Gasteiger partial charge < -0.3 is 10.0 Å². The fourth-order valence-electron chi connectivity index (χ4n) is 2.17. The Labute approximate surface area is 88.4 Å². The van der Waals surface area contributed by atoms with Crippen molar-refractivity contribution in [1.82, 2.24) is 4.90 Å². The highest BCUT2D eigenvalue weighted by atomic mass is 16.3. The molecule has 3 heteroatoms. The summed E-state index contributed by atoms with van der Waals surface area (Å²) in [5.74, 6) is 0.749. The summed E-state index contributed by atoms with van der Waals surface area (Å²) in [5.41, 5.74) is 2.93. The van der Waals surface area contributed by atoms with E-state index in [0.29, 0.717) is 0 Å². The van der Waals surface area contributed by atoms with Crippen LogP contribution >= 0.6 is 0 Å². The van der Waals surface area contributed by atoms with E-state index in [9.17, 15) is 5.11 Å². The van der Waals surface area contributed by atoms with Crippen LogP contribution in [0.5, 0.6) is 0 Å². The summed E-state index contributed by atoms with van der Waals surface area (Å²) in [4.78, 5) is 6.48. The molecule has 15 heavy (non-hydrogen) atoms. The van der Waals surface area contributed by atoms with Gasteiger partial charge in [0, 0.05) is 17.8 Å². The minimum atomic E-state index is -0.435. The topological polar surface area (TPSA) is 35.8 Å². The molecule has 0 radical (unpaired) electrons. The molecule has 1 aromatic carbocycles. The molecule has 3 rings (SSSR count). The second-order valence-corrected chi connectivity index (χ2v) is 3.89. The standard InChI is InChI=1S/C12H12N2O/c1-8-9-4-2-3-5-10(9)13-12-11(15)6-7-14(8)12/h2-5,11,15H,1,6-7H2/t11-/m1/s1.